The number of hydrogen-bond donors (Lipinski definition) is 1. The summed E-state index contributed by atoms with van der Waals surface area (Å²) in [6.07, 6.45) is 1.86. The van der Waals surface area contributed by atoms with Crippen molar-refractivity contribution in [1.29, 1.82) is 0 Å². The lowest BCUT2D eigenvalue weighted by atomic mass is 10.2. The van der Waals surface area contributed by atoms with Crippen molar-refractivity contribution in [1.82, 2.24) is 15.2 Å². The molecule has 0 saturated carbocycles. The van der Waals surface area contributed by atoms with Crippen LogP contribution in [0.3, 0.4) is 0 Å². The van der Waals surface area contributed by atoms with Gasteiger partial charge in [0.15, 0.2) is 5.96 Å². The fraction of sp³-hybridized carbons (Fsp3) is 0.375. The molecule has 2 rings (SSSR count). The van der Waals surface area contributed by atoms with E-state index in [4.69, 9.17) is 0 Å². The summed E-state index contributed by atoms with van der Waals surface area (Å²) in [6, 6.07) is 6.64. The van der Waals surface area contributed by atoms with Gasteiger partial charge in [0.1, 0.15) is 5.82 Å². The Morgan fingerprint density at radius 3 is 2.91 bits per heavy atom. The van der Waals surface area contributed by atoms with Gasteiger partial charge in [-0.3, -0.25) is 0 Å². The number of aliphatic imine (C=N–C) groups is 1. The molecule has 6 heteroatoms. The van der Waals surface area contributed by atoms with Crippen LogP contribution >= 0.6 is 11.3 Å². The summed E-state index contributed by atoms with van der Waals surface area (Å²) in [5.41, 5.74) is 0.918. The molecule has 22 heavy (non-hydrogen) atoms. The molecule has 0 aliphatic heterocycles. The number of guanidine groups is 1. The Hall–Kier alpha value is -1.95. The number of hydrogen-bond acceptors (Lipinski definition) is 3. The number of thiazole rings is 1. The zero-order valence-electron chi connectivity index (χ0n) is 13.1. The van der Waals surface area contributed by atoms with Gasteiger partial charge in [0, 0.05) is 31.2 Å². The van der Waals surface area contributed by atoms with Crippen LogP contribution < -0.4 is 5.32 Å². The van der Waals surface area contributed by atoms with Gasteiger partial charge < -0.3 is 10.2 Å². The van der Waals surface area contributed by atoms with E-state index in [1.807, 2.05) is 38.1 Å². The van der Waals surface area contributed by atoms with E-state index in [2.05, 4.69) is 15.3 Å². The lowest BCUT2D eigenvalue weighted by Crippen LogP contribution is -2.38. The Morgan fingerprint density at radius 2 is 2.27 bits per heavy atom. The molecule has 0 bridgehead atoms. The molecule has 1 aromatic heterocycles. The van der Waals surface area contributed by atoms with Gasteiger partial charge in [-0.1, -0.05) is 12.1 Å². The van der Waals surface area contributed by atoms with Crippen LogP contribution in [-0.2, 0) is 13.1 Å². The van der Waals surface area contributed by atoms with Gasteiger partial charge in [0.2, 0.25) is 0 Å². The Bertz CT molecular complexity index is 639. The molecule has 0 aliphatic rings. The molecule has 0 unspecified atom stereocenters. The van der Waals surface area contributed by atoms with E-state index in [0.29, 0.717) is 13.1 Å². The molecule has 0 radical (unpaired) electrons. The van der Waals surface area contributed by atoms with E-state index in [1.54, 1.807) is 23.5 Å². The van der Waals surface area contributed by atoms with Crippen molar-refractivity contribution in [2.75, 3.05) is 13.6 Å². The van der Waals surface area contributed by atoms with Gasteiger partial charge in [-0.05, 0) is 31.5 Å². The van der Waals surface area contributed by atoms with Crippen LogP contribution in [0.4, 0.5) is 4.39 Å². The number of aromatic nitrogens is 1. The van der Waals surface area contributed by atoms with Crippen molar-refractivity contribution in [2.45, 2.75) is 26.9 Å². The number of halogens is 1. The molecule has 1 heterocycles. The van der Waals surface area contributed by atoms with Crippen molar-refractivity contribution in [3.63, 3.8) is 0 Å². The molecule has 0 spiro atoms. The largest absolute Gasteiger partial charge is 0.357 e. The van der Waals surface area contributed by atoms with Crippen molar-refractivity contribution in [3.8, 4) is 0 Å². The minimum Gasteiger partial charge on any atom is -0.357 e. The maximum Gasteiger partial charge on any atom is 0.194 e. The maximum atomic E-state index is 13.3. The third-order valence-electron chi connectivity index (χ3n) is 3.06. The highest BCUT2D eigenvalue weighted by molar-refractivity contribution is 7.11. The predicted molar refractivity (Wildman–Crippen MR) is 89.5 cm³/mol. The second kappa shape index (κ2) is 7.89. The maximum absolute atomic E-state index is 13.3. The first-order valence-electron chi connectivity index (χ1n) is 7.23. The predicted octanol–water partition coefficient (Wildman–Crippen LogP) is 3.19. The smallest absolute Gasteiger partial charge is 0.194 e. The second-order valence-electron chi connectivity index (χ2n) is 5.00. The van der Waals surface area contributed by atoms with Crippen LogP contribution in [0.1, 0.15) is 22.4 Å². The van der Waals surface area contributed by atoms with Gasteiger partial charge in [-0.2, -0.15) is 0 Å². The first kappa shape index (κ1) is 16.4. The van der Waals surface area contributed by atoms with Gasteiger partial charge in [-0.15, -0.1) is 11.3 Å². The molecule has 0 saturated heterocycles. The van der Waals surface area contributed by atoms with Gasteiger partial charge in [-0.25, -0.2) is 14.4 Å². The van der Waals surface area contributed by atoms with Crippen LogP contribution in [0.15, 0.2) is 35.5 Å². The molecular weight excluding hydrogens is 299 g/mol. The highest BCUT2D eigenvalue weighted by atomic mass is 32.1. The molecule has 4 nitrogen and oxygen atoms in total. The highest BCUT2D eigenvalue weighted by Crippen LogP contribution is 2.13. The summed E-state index contributed by atoms with van der Waals surface area (Å²) >= 11 is 1.65. The summed E-state index contributed by atoms with van der Waals surface area (Å²) in [7, 11) is 1.95. The van der Waals surface area contributed by atoms with Gasteiger partial charge >= 0.3 is 0 Å². The molecule has 0 amide bonds. The summed E-state index contributed by atoms with van der Waals surface area (Å²) in [4.78, 5) is 12.0. The van der Waals surface area contributed by atoms with E-state index < -0.39 is 0 Å². The quantitative estimate of drug-likeness (QED) is 0.679. The summed E-state index contributed by atoms with van der Waals surface area (Å²) in [5, 5.41) is 4.31. The third kappa shape index (κ3) is 4.80. The SMILES string of the molecule is CCNC(=NCc1cnc(C)s1)N(C)Cc1cccc(F)c1. The van der Waals surface area contributed by atoms with Crippen molar-refractivity contribution in [2.24, 2.45) is 4.99 Å². The van der Waals surface area contributed by atoms with Crippen LogP contribution in [0.25, 0.3) is 0 Å². The minimum absolute atomic E-state index is 0.215. The Morgan fingerprint density at radius 1 is 1.45 bits per heavy atom. The minimum atomic E-state index is -0.215. The summed E-state index contributed by atoms with van der Waals surface area (Å²) < 4.78 is 13.3. The topological polar surface area (TPSA) is 40.5 Å². The van der Waals surface area contributed by atoms with E-state index in [0.717, 1.165) is 28.0 Å². The monoisotopic (exact) mass is 320 g/mol. The standard InChI is InChI=1S/C16H21FN4S/c1-4-18-16(20-10-15-9-19-12(2)22-15)21(3)11-13-6-5-7-14(17)8-13/h5-9H,4,10-11H2,1-3H3,(H,18,20). The van der Waals surface area contributed by atoms with E-state index >= 15 is 0 Å². The Kier molecular flexibility index (Phi) is 5.89. The molecule has 1 N–H and O–H groups in total. The zero-order chi connectivity index (χ0) is 15.9. The molecule has 2 aromatic rings. The number of nitrogens with zero attached hydrogens (tertiary/aromatic N) is 3. The second-order valence-corrected chi connectivity index (χ2v) is 6.32. The van der Waals surface area contributed by atoms with Crippen molar-refractivity contribution >= 4 is 17.3 Å². The van der Waals surface area contributed by atoms with E-state index in [1.165, 1.54) is 6.07 Å². The Balaban J connectivity index is 2.05. The van der Waals surface area contributed by atoms with Crippen LogP contribution in [-0.4, -0.2) is 29.4 Å². The molecular formula is C16H21FN4S. The van der Waals surface area contributed by atoms with Crippen molar-refractivity contribution < 1.29 is 4.39 Å². The number of nitrogens with one attached hydrogen (secondary N) is 1. The molecule has 1 aromatic carbocycles. The molecule has 0 atom stereocenters. The van der Waals surface area contributed by atoms with Gasteiger partial charge in [0.25, 0.3) is 0 Å². The van der Waals surface area contributed by atoms with Crippen LogP contribution in [0.5, 0.6) is 0 Å². The lowest BCUT2D eigenvalue weighted by Gasteiger charge is -2.22. The number of rotatable bonds is 5. The number of benzene rings is 1. The van der Waals surface area contributed by atoms with Crippen LogP contribution in [0.2, 0.25) is 0 Å². The van der Waals surface area contributed by atoms with Crippen molar-refractivity contribution in [3.05, 3.63) is 51.7 Å². The average molecular weight is 320 g/mol. The average Bonchev–Trinajstić information content (AvgIpc) is 2.89. The molecule has 118 valence electrons. The first-order chi connectivity index (χ1) is 10.6. The summed E-state index contributed by atoms with van der Waals surface area (Å²) in [5.74, 6) is 0.589. The highest BCUT2D eigenvalue weighted by Gasteiger charge is 2.07. The molecule has 0 aliphatic carbocycles. The summed E-state index contributed by atoms with van der Waals surface area (Å²) in [6.45, 7) is 6.00. The number of aryl methyl sites for hydroxylation is 1. The fourth-order valence-electron chi connectivity index (χ4n) is 2.08. The third-order valence-corrected chi connectivity index (χ3v) is 3.96. The normalized spacial score (nSPS) is 11.5. The van der Waals surface area contributed by atoms with E-state index in [9.17, 15) is 4.39 Å². The molecule has 0 fully saturated rings. The first-order valence-corrected chi connectivity index (χ1v) is 8.05. The zero-order valence-corrected chi connectivity index (χ0v) is 14.0. The Labute approximate surface area is 134 Å². The van der Waals surface area contributed by atoms with E-state index in [-0.39, 0.29) is 5.82 Å². The van der Waals surface area contributed by atoms with Gasteiger partial charge in [0.05, 0.1) is 11.6 Å². The lowest BCUT2D eigenvalue weighted by molar-refractivity contribution is 0.475. The van der Waals surface area contributed by atoms with Crippen LogP contribution in [0, 0.1) is 12.7 Å². The fourth-order valence-corrected chi connectivity index (χ4v) is 2.80.